The van der Waals surface area contributed by atoms with Gasteiger partial charge in [0.15, 0.2) is 6.10 Å². The number of nitrogens with two attached hydrogens (primary N) is 1. The van der Waals surface area contributed by atoms with Crippen molar-refractivity contribution in [3.63, 3.8) is 0 Å². The molecule has 14 heavy (non-hydrogen) atoms. The van der Waals surface area contributed by atoms with E-state index in [1.165, 1.54) is 0 Å². The van der Waals surface area contributed by atoms with Crippen LogP contribution in [-0.4, -0.2) is 17.2 Å². The molecule has 0 fully saturated rings. The summed E-state index contributed by atoms with van der Waals surface area (Å²) < 4.78 is 0. The normalized spacial score (nSPS) is 11.5. The van der Waals surface area contributed by atoms with Gasteiger partial charge in [-0.05, 0) is 5.56 Å². The van der Waals surface area contributed by atoms with Crippen LogP contribution in [0.3, 0.4) is 0 Å². The summed E-state index contributed by atoms with van der Waals surface area (Å²) in [5, 5.41) is 8.63. The zero-order chi connectivity index (χ0) is 9.68. The maximum Gasteiger partial charge on any atom is 0.335 e. The number of rotatable bonds is 4. The lowest BCUT2D eigenvalue weighted by Crippen LogP contribution is -2.29. The minimum Gasteiger partial charge on any atom is -0.479 e. The van der Waals surface area contributed by atoms with Gasteiger partial charge in [-0.1, -0.05) is 30.3 Å². The van der Waals surface area contributed by atoms with Crippen LogP contribution in [0.2, 0.25) is 0 Å². The van der Waals surface area contributed by atoms with Gasteiger partial charge in [-0.15, -0.1) is 17.0 Å². The molecule has 3 N–H and O–H groups in total. The summed E-state index contributed by atoms with van der Waals surface area (Å²) >= 11 is 0. The maximum atomic E-state index is 10.5. The molecule has 1 rings (SSSR count). The SMILES string of the molecule is Br.NOC(Cc1ccccc1)C(=O)O. The van der Waals surface area contributed by atoms with Gasteiger partial charge in [0, 0.05) is 6.42 Å². The first-order valence-electron chi connectivity index (χ1n) is 3.86. The van der Waals surface area contributed by atoms with Gasteiger partial charge in [0.25, 0.3) is 0 Å². The first-order valence-corrected chi connectivity index (χ1v) is 3.86. The molecule has 1 aromatic rings. The number of carbonyl (C=O) groups is 1. The molecule has 0 radical (unpaired) electrons. The molecule has 1 unspecified atom stereocenters. The summed E-state index contributed by atoms with van der Waals surface area (Å²) in [5.41, 5.74) is 0.889. The highest BCUT2D eigenvalue weighted by Gasteiger charge is 2.17. The van der Waals surface area contributed by atoms with Crippen molar-refractivity contribution >= 4 is 23.0 Å². The van der Waals surface area contributed by atoms with E-state index >= 15 is 0 Å². The first kappa shape index (κ1) is 13.1. The molecule has 78 valence electrons. The maximum absolute atomic E-state index is 10.5. The van der Waals surface area contributed by atoms with Gasteiger partial charge in [0.1, 0.15) is 0 Å². The van der Waals surface area contributed by atoms with Crippen LogP contribution in [0.15, 0.2) is 30.3 Å². The molecule has 0 spiro atoms. The molecule has 0 aromatic heterocycles. The molecule has 1 atom stereocenters. The Morgan fingerprint density at radius 2 is 2.00 bits per heavy atom. The van der Waals surface area contributed by atoms with Gasteiger partial charge in [-0.2, -0.15) is 0 Å². The summed E-state index contributed by atoms with van der Waals surface area (Å²) in [6, 6.07) is 9.20. The summed E-state index contributed by atoms with van der Waals surface area (Å²) in [7, 11) is 0. The first-order chi connectivity index (χ1) is 6.24. The van der Waals surface area contributed by atoms with E-state index in [2.05, 4.69) is 4.84 Å². The van der Waals surface area contributed by atoms with Crippen molar-refractivity contribution in [2.45, 2.75) is 12.5 Å². The highest BCUT2D eigenvalue weighted by atomic mass is 79.9. The molecule has 0 saturated heterocycles. The Labute approximate surface area is 92.4 Å². The summed E-state index contributed by atoms with van der Waals surface area (Å²) in [5.74, 6) is 3.79. The van der Waals surface area contributed by atoms with E-state index in [9.17, 15) is 4.79 Å². The Balaban J connectivity index is 0.00000169. The second-order valence-corrected chi connectivity index (χ2v) is 2.65. The zero-order valence-electron chi connectivity index (χ0n) is 7.42. The third kappa shape index (κ3) is 3.87. The standard InChI is InChI=1S/C9H11NO3.BrH/c10-13-8(9(11)12)6-7-4-2-1-3-5-7;/h1-5,8H,6,10H2,(H,11,12);1H. The number of hydrogen-bond donors (Lipinski definition) is 2. The Hall–Kier alpha value is -0.910. The van der Waals surface area contributed by atoms with Gasteiger partial charge in [-0.25, -0.2) is 10.7 Å². The average Bonchev–Trinajstić information content (AvgIpc) is 2.15. The van der Waals surface area contributed by atoms with E-state index in [0.717, 1.165) is 5.56 Å². The molecule has 0 saturated carbocycles. The van der Waals surface area contributed by atoms with Crippen LogP contribution in [-0.2, 0) is 16.1 Å². The molecule has 0 bridgehead atoms. The van der Waals surface area contributed by atoms with Crippen LogP contribution in [0.25, 0.3) is 0 Å². The third-order valence-electron chi connectivity index (χ3n) is 1.70. The molecular weight excluding hydrogens is 250 g/mol. The van der Waals surface area contributed by atoms with Crippen molar-refractivity contribution in [1.29, 1.82) is 0 Å². The van der Waals surface area contributed by atoms with Crippen LogP contribution in [0.5, 0.6) is 0 Å². The summed E-state index contributed by atoms with van der Waals surface area (Å²) in [6.45, 7) is 0. The quantitative estimate of drug-likeness (QED) is 0.798. The van der Waals surface area contributed by atoms with E-state index in [1.54, 1.807) is 0 Å². The highest BCUT2D eigenvalue weighted by Crippen LogP contribution is 2.04. The lowest BCUT2D eigenvalue weighted by Gasteiger charge is -2.08. The largest absolute Gasteiger partial charge is 0.479 e. The second-order valence-electron chi connectivity index (χ2n) is 2.65. The number of hydrogen-bond acceptors (Lipinski definition) is 3. The average molecular weight is 262 g/mol. The van der Waals surface area contributed by atoms with Crippen molar-refractivity contribution in [1.82, 2.24) is 0 Å². The lowest BCUT2D eigenvalue weighted by molar-refractivity contribution is -0.150. The van der Waals surface area contributed by atoms with Crippen molar-refractivity contribution in [2.24, 2.45) is 5.90 Å². The number of aliphatic carboxylic acids is 1. The number of halogens is 1. The Bertz CT molecular complexity index is 279. The van der Waals surface area contributed by atoms with Crippen LogP contribution < -0.4 is 5.90 Å². The number of benzene rings is 1. The molecule has 0 aliphatic carbocycles. The van der Waals surface area contributed by atoms with Crippen LogP contribution in [0.1, 0.15) is 5.56 Å². The second kappa shape index (κ2) is 6.53. The van der Waals surface area contributed by atoms with Crippen LogP contribution in [0.4, 0.5) is 0 Å². The summed E-state index contributed by atoms with van der Waals surface area (Å²) in [4.78, 5) is 14.8. The minimum absolute atomic E-state index is 0. The topological polar surface area (TPSA) is 72.5 Å². The van der Waals surface area contributed by atoms with E-state index in [1.807, 2.05) is 30.3 Å². The molecule has 5 heteroatoms. The third-order valence-corrected chi connectivity index (χ3v) is 1.70. The molecule has 1 aromatic carbocycles. The van der Waals surface area contributed by atoms with Crippen molar-refractivity contribution in [3.8, 4) is 0 Å². The molecule has 0 amide bonds. The van der Waals surface area contributed by atoms with E-state index < -0.39 is 12.1 Å². The molecule has 0 aliphatic heterocycles. The van der Waals surface area contributed by atoms with Crippen LogP contribution >= 0.6 is 17.0 Å². The fourth-order valence-corrected chi connectivity index (χ4v) is 1.02. The Morgan fingerprint density at radius 1 is 1.43 bits per heavy atom. The van der Waals surface area contributed by atoms with Gasteiger partial charge in [0.05, 0.1) is 0 Å². The highest BCUT2D eigenvalue weighted by molar-refractivity contribution is 8.93. The monoisotopic (exact) mass is 261 g/mol. The molecule has 4 nitrogen and oxygen atoms in total. The van der Waals surface area contributed by atoms with Crippen molar-refractivity contribution in [2.75, 3.05) is 0 Å². The Kier molecular flexibility index (Phi) is 6.11. The fraction of sp³-hybridized carbons (Fsp3) is 0.222. The molecule has 0 heterocycles. The van der Waals surface area contributed by atoms with Crippen LogP contribution in [0, 0.1) is 0 Å². The van der Waals surface area contributed by atoms with Gasteiger partial charge in [-0.3, -0.25) is 4.84 Å². The molecule has 0 aliphatic rings. The van der Waals surface area contributed by atoms with Crippen molar-refractivity contribution in [3.05, 3.63) is 35.9 Å². The minimum atomic E-state index is -1.05. The van der Waals surface area contributed by atoms with E-state index in [4.69, 9.17) is 11.0 Å². The molecular formula is C9H12BrNO3. The van der Waals surface area contributed by atoms with E-state index in [-0.39, 0.29) is 23.4 Å². The lowest BCUT2D eigenvalue weighted by atomic mass is 10.1. The Morgan fingerprint density at radius 3 is 2.43 bits per heavy atom. The predicted molar refractivity (Wildman–Crippen MR) is 57.2 cm³/mol. The fourth-order valence-electron chi connectivity index (χ4n) is 1.02. The zero-order valence-corrected chi connectivity index (χ0v) is 9.13. The van der Waals surface area contributed by atoms with E-state index in [0.29, 0.717) is 0 Å². The van der Waals surface area contributed by atoms with Gasteiger partial charge in [0.2, 0.25) is 0 Å². The predicted octanol–water partition coefficient (Wildman–Crippen LogP) is 1.15. The van der Waals surface area contributed by atoms with Gasteiger partial charge >= 0.3 is 5.97 Å². The smallest absolute Gasteiger partial charge is 0.335 e. The number of carboxylic acids is 1. The summed E-state index contributed by atoms with van der Waals surface area (Å²) in [6.07, 6.45) is -0.686. The van der Waals surface area contributed by atoms with Gasteiger partial charge < -0.3 is 5.11 Å². The van der Waals surface area contributed by atoms with Crippen molar-refractivity contribution < 1.29 is 14.7 Å². The number of carboxylic acid groups (broad SMARTS) is 1.